The molecule has 1 aliphatic heterocycles. The molecule has 0 bridgehead atoms. The van der Waals surface area contributed by atoms with Crippen molar-refractivity contribution in [1.29, 1.82) is 0 Å². The van der Waals surface area contributed by atoms with Crippen LogP contribution in [0.4, 0.5) is 58.4 Å². The molecular formula is C38H36N12Na2O7S2. The van der Waals surface area contributed by atoms with Gasteiger partial charge in [0, 0.05) is 54.8 Å². The third-order valence-electron chi connectivity index (χ3n) is 8.64. The number of ether oxygens (including phenoxy) is 1. The number of anilines is 10. The Morgan fingerprint density at radius 3 is 1.92 bits per heavy atom. The average molecular weight is 883 g/mol. The first kappa shape index (κ1) is 47.6. The normalized spacial score (nSPS) is 12.6. The zero-order chi connectivity index (χ0) is 41.2. The Morgan fingerprint density at radius 2 is 1.31 bits per heavy atom. The predicted molar refractivity (Wildman–Crippen MR) is 221 cm³/mol. The standard InChI is InChI=1S/C38H38N12O7S2.2Na/c1-39-33-43-34(40-27-9-5-3-6-10-27)45-35(44-33)42-29-17-15-25(31(23-29)58-57-56-51)13-14-26-16-18-30(24-32(26)59(52,53)54)49(2)37-46-36(41-28-11-7-4-8-12-28)47-38(48-37)50-19-21-55-22-20-50;;/h3-18,23-24,51H,19-22H2,1-2H3,(H,52,53,54)(H,41,46,47,48)(H3,39,40,42,43,44,45);;/q;2*+1/p-2/b14-13+;;. The van der Waals surface area contributed by atoms with Gasteiger partial charge in [-0.2, -0.15) is 34.2 Å². The van der Waals surface area contributed by atoms with E-state index in [1.54, 1.807) is 49.3 Å². The van der Waals surface area contributed by atoms with Gasteiger partial charge < -0.3 is 45.6 Å². The molecule has 6 aromatic rings. The second kappa shape index (κ2) is 22.6. The number of para-hydroxylation sites is 2. The third kappa shape index (κ3) is 13.0. The molecule has 0 radical (unpaired) electrons. The topological polar surface area (TPSA) is 240 Å². The van der Waals surface area contributed by atoms with Crippen LogP contribution in [0.5, 0.6) is 0 Å². The minimum absolute atomic E-state index is 0. The average Bonchev–Trinajstić information content (AvgIpc) is 3.25. The van der Waals surface area contributed by atoms with Crippen molar-refractivity contribution in [3.8, 4) is 0 Å². The van der Waals surface area contributed by atoms with Crippen LogP contribution in [0.15, 0.2) is 107 Å². The number of hydrogen-bond donors (Lipinski definition) is 4. The number of morpholine rings is 1. The van der Waals surface area contributed by atoms with E-state index in [1.165, 1.54) is 18.2 Å². The first-order valence-electron chi connectivity index (χ1n) is 17.9. The van der Waals surface area contributed by atoms with Gasteiger partial charge >= 0.3 is 59.1 Å². The first-order chi connectivity index (χ1) is 28.6. The van der Waals surface area contributed by atoms with Crippen LogP contribution in [0, 0.1) is 0 Å². The molecule has 0 aliphatic carbocycles. The number of nitrogens with zero attached hydrogens (tertiary/aromatic N) is 8. The maximum atomic E-state index is 12.7. The second-order valence-electron chi connectivity index (χ2n) is 12.6. The first-order valence-corrected chi connectivity index (χ1v) is 20.0. The van der Waals surface area contributed by atoms with Crippen molar-refractivity contribution >= 4 is 92.8 Å². The molecule has 2 aromatic heterocycles. The van der Waals surface area contributed by atoms with Crippen molar-refractivity contribution < 1.29 is 91.5 Å². The summed E-state index contributed by atoms with van der Waals surface area (Å²) in [6.07, 6.45) is 3.03. The molecule has 4 N–H and O–H groups in total. The number of aromatic nitrogens is 6. The number of nitrogens with one attached hydrogen (secondary N) is 4. The summed E-state index contributed by atoms with van der Waals surface area (Å²) in [6, 6.07) is 28.2. The minimum atomic E-state index is -4.99. The van der Waals surface area contributed by atoms with Gasteiger partial charge in [0.15, 0.2) is 0 Å². The van der Waals surface area contributed by atoms with E-state index in [4.69, 9.17) is 4.74 Å². The van der Waals surface area contributed by atoms with Crippen molar-refractivity contribution in [2.24, 2.45) is 0 Å². The third-order valence-corrected chi connectivity index (χ3v) is 10.2. The van der Waals surface area contributed by atoms with E-state index in [0.29, 0.717) is 72.1 Å². The van der Waals surface area contributed by atoms with Crippen LogP contribution in [0.2, 0.25) is 0 Å². The second-order valence-corrected chi connectivity index (χ2v) is 14.7. The summed E-state index contributed by atoms with van der Waals surface area (Å²) in [5.74, 6) is 1.67. The van der Waals surface area contributed by atoms with Gasteiger partial charge in [0.2, 0.25) is 35.7 Å². The molecule has 3 heterocycles. The van der Waals surface area contributed by atoms with Crippen molar-refractivity contribution in [3.05, 3.63) is 108 Å². The SMILES string of the molecule is CNc1nc(Nc2ccccc2)nc(Nc2ccc(/C=C/c3ccc(N(C)c4nc(Nc5ccccc5)nc(N5CCOCC5)n4)cc3S(=O)(=O)[O-])c(SOO[O-])c2)n1.[Na+].[Na+]. The van der Waals surface area contributed by atoms with Crippen LogP contribution in [0.25, 0.3) is 12.2 Å². The van der Waals surface area contributed by atoms with Crippen LogP contribution in [0.3, 0.4) is 0 Å². The minimum Gasteiger partial charge on any atom is -0.744 e. The summed E-state index contributed by atoms with van der Waals surface area (Å²) in [6.45, 7) is 2.14. The molecule has 0 spiro atoms. The Balaban J connectivity index is 0.00000352. The van der Waals surface area contributed by atoms with Crippen LogP contribution in [-0.4, -0.2) is 83.3 Å². The van der Waals surface area contributed by atoms with Gasteiger partial charge in [-0.15, -0.1) is 0 Å². The van der Waals surface area contributed by atoms with Gasteiger partial charge in [-0.25, -0.2) is 8.42 Å². The van der Waals surface area contributed by atoms with Crippen molar-refractivity contribution in [2.75, 3.05) is 71.5 Å². The van der Waals surface area contributed by atoms with Gasteiger partial charge in [-0.1, -0.05) is 60.7 Å². The number of rotatable bonds is 16. The molecule has 7 rings (SSSR count). The Morgan fingerprint density at radius 1 is 0.738 bits per heavy atom. The van der Waals surface area contributed by atoms with E-state index in [0.717, 1.165) is 11.4 Å². The van der Waals surface area contributed by atoms with Gasteiger partial charge in [0.05, 0.1) is 30.2 Å². The summed E-state index contributed by atoms with van der Waals surface area (Å²) in [7, 11) is -1.66. The zero-order valence-electron chi connectivity index (χ0n) is 33.5. The van der Waals surface area contributed by atoms with Crippen LogP contribution in [-0.2, 0) is 24.2 Å². The van der Waals surface area contributed by atoms with Crippen LogP contribution < -0.4 is 95.4 Å². The predicted octanol–water partition coefficient (Wildman–Crippen LogP) is -0.753. The molecular weight excluding hydrogens is 847 g/mol. The van der Waals surface area contributed by atoms with E-state index >= 15 is 0 Å². The van der Waals surface area contributed by atoms with E-state index in [1.807, 2.05) is 65.6 Å². The van der Waals surface area contributed by atoms with E-state index in [9.17, 15) is 18.2 Å². The van der Waals surface area contributed by atoms with Gasteiger partial charge in [0.1, 0.15) is 10.1 Å². The molecule has 19 nitrogen and oxygen atoms in total. The van der Waals surface area contributed by atoms with Gasteiger partial charge in [0.25, 0.3) is 0 Å². The molecule has 0 saturated carbocycles. The summed E-state index contributed by atoms with van der Waals surface area (Å²) >= 11 is 0.621. The monoisotopic (exact) mass is 882 g/mol. The Bertz CT molecular complexity index is 2530. The van der Waals surface area contributed by atoms with Crippen molar-refractivity contribution in [3.63, 3.8) is 0 Å². The van der Waals surface area contributed by atoms with Gasteiger partial charge in [-0.05, 0) is 59.7 Å². The van der Waals surface area contributed by atoms with Gasteiger partial charge in [-0.3, -0.25) is 5.04 Å². The molecule has 1 saturated heterocycles. The zero-order valence-corrected chi connectivity index (χ0v) is 39.1. The van der Waals surface area contributed by atoms with E-state index in [2.05, 4.69) is 60.5 Å². The summed E-state index contributed by atoms with van der Waals surface area (Å²) in [5.41, 5.74) is 2.96. The Hall–Kier alpha value is -4.46. The van der Waals surface area contributed by atoms with Crippen LogP contribution in [0.1, 0.15) is 11.1 Å². The Kier molecular flexibility index (Phi) is 17.6. The van der Waals surface area contributed by atoms with Crippen molar-refractivity contribution in [2.45, 2.75) is 9.79 Å². The largest absolute Gasteiger partial charge is 1.00 e. The quantitative estimate of drug-likeness (QED) is 0.0234. The smallest absolute Gasteiger partial charge is 0.744 e. The molecule has 1 fully saturated rings. The molecule has 61 heavy (non-hydrogen) atoms. The molecule has 0 unspecified atom stereocenters. The fraction of sp³-hybridized carbons (Fsp3) is 0.158. The summed E-state index contributed by atoms with van der Waals surface area (Å²) in [4.78, 5) is 30.6. The number of benzene rings is 4. The number of hydrogen-bond acceptors (Lipinski definition) is 20. The molecule has 304 valence electrons. The summed E-state index contributed by atoms with van der Waals surface area (Å²) < 4.78 is 48.3. The van der Waals surface area contributed by atoms with Crippen molar-refractivity contribution in [1.82, 2.24) is 29.9 Å². The van der Waals surface area contributed by atoms with E-state index in [-0.39, 0.29) is 88.5 Å². The van der Waals surface area contributed by atoms with Crippen LogP contribution >= 0.6 is 12.0 Å². The fourth-order valence-electron chi connectivity index (χ4n) is 5.75. The molecule has 0 atom stereocenters. The molecule has 0 amide bonds. The maximum absolute atomic E-state index is 12.7. The fourth-order valence-corrected chi connectivity index (χ4v) is 6.95. The summed E-state index contributed by atoms with van der Waals surface area (Å²) in [5, 5.41) is 26.8. The molecule has 23 heteroatoms. The Labute approximate surface area is 400 Å². The maximum Gasteiger partial charge on any atom is 1.00 e. The molecule has 4 aromatic carbocycles. The van der Waals surface area contributed by atoms with E-state index < -0.39 is 15.0 Å². The molecule has 1 aliphatic rings.